The van der Waals surface area contributed by atoms with Gasteiger partial charge < -0.3 is 4.74 Å². The summed E-state index contributed by atoms with van der Waals surface area (Å²) in [5.41, 5.74) is 1.91. The molecule has 1 aromatic carbocycles. The third kappa shape index (κ3) is 3.70. The first kappa shape index (κ1) is 17.1. The summed E-state index contributed by atoms with van der Waals surface area (Å²) in [5.74, 6) is -0.946. The van der Waals surface area contributed by atoms with Crippen LogP contribution in [-0.2, 0) is 4.74 Å². The number of nitrogens with one attached hydrogen (secondary N) is 2. The lowest BCUT2D eigenvalue weighted by Gasteiger charge is -1.98. The summed E-state index contributed by atoms with van der Waals surface area (Å²) in [4.78, 5) is 28.6. The van der Waals surface area contributed by atoms with Crippen LogP contribution in [0.15, 0.2) is 30.3 Å². The maximum absolute atomic E-state index is 12.3. The number of hydrogen-bond donors (Lipinski definition) is 2. The van der Waals surface area contributed by atoms with Crippen LogP contribution in [0.2, 0.25) is 5.02 Å². The molecule has 0 fully saturated rings. The van der Waals surface area contributed by atoms with E-state index in [4.69, 9.17) is 11.6 Å². The minimum absolute atomic E-state index is 0.189. The fourth-order valence-corrected chi connectivity index (χ4v) is 3.03. The molecule has 0 spiro atoms. The second-order valence-electron chi connectivity index (χ2n) is 5.04. The van der Waals surface area contributed by atoms with Gasteiger partial charge in [0.05, 0.1) is 12.8 Å². The molecule has 1 amide bonds. The highest BCUT2D eigenvalue weighted by Gasteiger charge is 2.18. The van der Waals surface area contributed by atoms with Crippen molar-refractivity contribution >= 4 is 39.9 Å². The minimum atomic E-state index is -0.541. The van der Waals surface area contributed by atoms with E-state index in [1.807, 2.05) is 12.1 Å². The van der Waals surface area contributed by atoms with Gasteiger partial charge in [-0.05, 0) is 25.1 Å². The fraction of sp³-hybridized carbons (Fsp3) is 0.125. The molecular weight excluding hydrogens is 364 g/mol. The number of ether oxygens (including phenoxy) is 1. The molecule has 0 atom stereocenters. The predicted octanol–water partition coefficient (Wildman–Crippen LogP) is 3.53. The maximum atomic E-state index is 12.3. The van der Waals surface area contributed by atoms with Gasteiger partial charge in [-0.25, -0.2) is 9.78 Å². The highest BCUT2D eigenvalue weighted by atomic mass is 35.5. The molecule has 2 N–H and O–H groups in total. The van der Waals surface area contributed by atoms with Crippen LogP contribution < -0.4 is 5.32 Å². The first-order chi connectivity index (χ1) is 12.0. The van der Waals surface area contributed by atoms with Crippen LogP contribution in [0.25, 0.3) is 11.3 Å². The Kier molecular flexibility index (Phi) is 4.82. The highest BCUT2D eigenvalue weighted by Crippen LogP contribution is 2.24. The number of aryl methyl sites for hydroxylation is 1. The quantitative estimate of drug-likeness (QED) is 0.679. The van der Waals surface area contributed by atoms with E-state index in [-0.39, 0.29) is 11.4 Å². The second kappa shape index (κ2) is 7.04. The van der Waals surface area contributed by atoms with E-state index in [2.05, 4.69) is 25.2 Å². The number of esters is 1. The Labute approximate surface area is 152 Å². The average molecular weight is 377 g/mol. The largest absolute Gasteiger partial charge is 0.464 e. The molecule has 0 bridgehead atoms. The average Bonchev–Trinajstić information content (AvgIpc) is 3.22. The molecule has 0 saturated carbocycles. The van der Waals surface area contributed by atoms with Crippen molar-refractivity contribution in [2.24, 2.45) is 0 Å². The molecule has 0 radical (unpaired) electrons. The fourth-order valence-electron chi connectivity index (χ4n) is 2.11. The van der Waals surface area contributed by atoms with Crippen LogP contribution in [-0.4, -0.2) is 34.2 Å². The second-order valence-corrected chi connectivity index (χ2v) is 6.68. The molecule has 0 unspecified atom stereocenters. The van der Waals surface area contributed by atoms with Crippen molar-refractivity contribution in [1.82, 2.24) is 15.2 Å². The van der Waals surface area contributed by atoms with Crippen molar-refractivity contribution in [3.63, 3.8) is 0 Å². The van der Waals surface area contributed by atoms with Gasteiger partial charge in [0.15, 0.2) is 10.8 Å². The molecule has 3 rings (SSSR count). The van der Waals surface area contributed by atoms with Crippen molar-refractivity contribution in [2.45, 2.75) is 6.92 Å². The standard InChI is InChI=1S/C16H13ClN4O3S/c1-8-13(15(23)24-2)18-16(25-8)19-14(22)12-7-11(20-21-12)9-3-5-10(17)6-4-9/h3-7H,1-2H3,(H,20,21)(H,18,19,22). The van der Waals surface area contributed by atoms with Gasteiger partial charge in [-0.1, -0.05) is 23.7 Å². The molecule has 0 saturated heterocycles. The Hall–Kier alpha value is -2.71. The summed E-state index contributed by atoms with van der Waals surface area (Å²) < 4.78 is 4.65. The summed E-state index contributed by atoms with van der Waals surface area (Å²) in [6.45, 7) is 1.73. The van der Waals surface area contributed by atoms with Gasteiger partial charge in [0.1, 0.15) is 5.69 Å². The van der Waals surface area contributed by atoms with E-state index >= 15 is 0 Å². The molecule has 9 heteroatoms. The van der Waals surface area contributed by atoms with E-state index < -0.39 is 11.9 Å². The number of rotatable bonds is 4. The molecule has 0 aliphatic heterocycles. The number of hydrogen-bond acceptors (Lipinski definition) is 6. The summed E-state index contributed by atoms with van der Waals surface area (Å²) in [6.07, 6.45) is 0. The molecule has 7 nitrogen and oxygen atoms in total. The van der Waals surface area contributed by atoms with Crippen molar-refractivity contribution in [2.75, 3.05) is 12.4 Å². The summed E-state index contributed by atoms with van der Waals surface area (Å²) in [6, 6.07) is 8.75. The van der Waals surface area contributed by atoms with Crippen molar-refractivity contribution < 1.29 is 14.3 Å². The zero-order chi connectivity index (χ0) is 18.0. The van der Waals surface area contributed by atoms with Gasteiger partial charge in [0.2, 0.25) is 0 Å². The maximum Gasteiger partial charge on any atom is 0.357 e. The molecule has 25 heavy (non-hydrogen) atoms. The number of aromatic amines is 1. The normalized spacial score (nSPS) is 10.5. The molecule has 128 valence electrons. The lowest BCUT2D eigenvalue weighted by atomic mass is 10.1. The lowest BCUT2D eigenvalue weighted by molar-refractivity contribution is 0.0594. The number of carbonyl (C=O) groups excluding carboxylic acids is 2. The number of carbonyl (C=O) groups is 2. The van der Waals surface area contributed by atoms with Crippen LogP contribution >= 0.6 is 22.9 Å². The van der Waals surface area contributed by atoms with Gasteiger partial charge in [-0.3, -0.25) is 15.2 Å². The van der Waals surface area contributed by atoms with Crippen molar-refractivity contribution in [1.29, 1.82) is 0 Å². The molecule has 0 aliphatic rings. The number of benzene rings is 1. The van der Waals surface area contributed by atoms with Gasteiger partial charge in [0.25, 0.3) is 5.91 Å². The summed E-state index contributed by atoms with van der Waals surface area (Å²) in [7, 11) is 1.28. The first-order valence-corrected chi connectivity index (χ1v) is 8.36. The lowest BCUT2D eigenvalue weighted by Crippen LogP contribution is -2.12. The van der Waals surface area contributed by atoms with E-state index in [9.17, 15) is 9.59 Å². The molecule has 0 aliphatic carbocycles. The minimum Gasteiger partial charge on any atom is -0.464 e. The van der Waals surface area contributed by atoms with E-state index in [1.165, 1.54) is 18.4 Å². The smallest absolute Gasteiger partial charge is 0.357 e. The topological polar surface area (TPSA) is 97.0 Å². The zero-order valence-electron chi connectivity index (χ0n) is 13.3. The number of anilines is 1. The SMILES string of the molecule is COC(=O)c1nc(NC(=O)c2cc(-c3ccc(Cl)cc3)n[nH]2)sc1C. The van der Waals surface area contributed by atoms with Crippen molar-refractivity contribution in [3.05, 3.63) is 51.6 Å². The molecule has 3 aromatic rings. The van der Waals surface area contributed by atoms with E-state index in [0.29, 0.717) is 20.7 Å². The van der Waals surface area contributed by atoms with Crippen LogP contribution in [0.3, 0.4) is 0 Å². The Bertz CT molecular complexity index is 933. The number of halogens is 1. The monoisotopic (exact) mass is 376 g/mol. The summed E-state index contributed by atoms with van der Waals surface area (Å²) >= 11 is 7.05. The van der Waals surface area contributed by atoms with Crippen molar-refractivity contribution in [3.8, 4) is 11.3 Å². The Morgan fingerprint density at radius 1 is 1.28 bits per heavy atom. The van der Waals surface area contributed by atoms with E-state index in [0.717, 1.165) is 5.56 Å². The number of methoxy groups -OCH3 is 1. The summed E-state index contributed by atoms with van der Waals surface area (Å²) in [5, 5.41) is 10.4. The van der Waals surface area contributed by atoms with Gasteiger partial charge in [0, 0.05) is 15.5 Å². The Morgan fingerprint density at radius 3 is 2.68 bits per heavy atom. The highest BCUT2D eigenvalue weighted by molar-refractivity contribution is 7.16. The number of nitrogens with zero attached hydrogens (tertiary/aromatic N) is 2. The molecule has 2 heterocycles. The van der Waals surface area contributed by atoms with Crippen LogP contribution in [0.4, 0.5) is 5.13 Å². The number of thiazole rings is 1. The Morgan fingerprint density at radius 2 is 2.00 bits per heavy atom. The number of H-pyrrole nitrogens is 1. The number of aromatic nitrogens is 3. The zero-order valence-corrected chi connectivity index (χ0v) is 14.9. The van der Waals surface area contributed by atoms with Gasteiger partial charge in [-0.2, -0.15) is 5.10 Å². The third-order valence-electron chi connectivity index (χ3n) is 3.36. The van der Waals surface area contributed by atoms with Crippen LogP contribution in [0.1, 0.15) is 25.9 Å². The molecule has 2 aromatic heterocycles. The molecular formula is C16H13ClN4O3S. The number of amides is 1. The van der Waals surface area contributed by atoms with Gasteiger partial charge in [-0.15, -0.1) is 11.3 Å². The van der Waals surface area contributed by atoms with Crippen LogP contribution in [0.5, 0.6) is 0 Å². The predicted molar refractivity (Wildman–Crippen MR) is 95.2 cm³/mol. The van der Waals surface area contributed by atoms with Crippen LogP contribution in [0, 0.1) is 6.92 Å². The van der Waals surface area contributed by atoms with Gasteiger partial charge >= 0.3 is 5.97 Å². The first-order valence-electron chi connectivity index (χ1n) is 7.16. The van der Waals surface area contributed by atoms with E-state index in [1.54, 1.807) is 25.1 Å². The third-order valence-corrected chi connectivity index (χ3v) is 4.50. The Balaban J connectivity index is 1.76.